The fourth-order valence-electron chi connectivity index (χ4n) is 2.05. The summed E-state index contributed by atoms with van der Waals surface area (Å²) in [7, 11) is 0. The molecule has 3 aromatic rings. The molecule has 0 aliphatic carbocycles. The Morgan fingerprint density at radius 3 is 2.24 bits per heavy atom. The number of H-pyrrole nitrogens is 1. The van der Waals surface area contributed by atoms with E-state index in [1.165, 1.54) is 6.07 Å². The normalized spacial score (nSPS) is 10.9. The van der Waals surface area contributed by atoms with Gasteiger partial charge in [0.2, 0.25) is 0 Å². The van der Waals surface area contributed by atoms with Crippen molar-refractivity contribution in [1.82, 2.24) is 9.97 Å². The zero-order valence-corrected chi connectivity index (χ0v) is 11.4. The quantitative estimate of drug-likeness (QED) is 0.793. The van der Waals surface area contributed by atoms with E-state index in [4.69, 9.17) is 0 Å². The molecule has 0 atom stereocenters. The maximum Gasteiger partial charge on any atom is 0.251 e. The highest BCUT2D eigenvalue weighted by atomic mass is 16.1. The fourth-order valence-corrected chi connectivity index (χ4v) is 2.05. The average Bonchev–Trinajstić information content (AvgIpc) is 2.54. The first-order chi connectivity index (χ1) is 10.3. The number of aromatic nitrogens is 2. The van der Waals surface area contributed by atoms with Crippen molar-refractivity contribution in [1.29, 1.82) is 0 Å². The van der Waals surface area contributed by atoms with Gasteiger partial charge in [0.1, 0.15) is 5.82 Å². The topological polar surface area (TPSA) is 45.8 Å². The summed E-state index contributed by atoms with van der Waals surface area (Å²) < 4.78 is 0. The van der Waals surface area contributed by atoms with Crippen molar-refractivity contribution in [3.63, 3.8) is 0 Å². The standard InChI is InChI=1S/C18H14N2O/c21-18-13-16(15-9-5-2-6-10-15)19-17(20-18)12-11-14-7-3-1-4-8-14/h1-13H,(H,19,20,21)/b12-11+. The first kappa shape index (κ1) is 13.1. The molecule has 0 spiro atoms. The van der Waals surface area contributed by atoms with Crippen LogP contribution in [0.25, 0.3) is 23.4 Å². The van der Waals surface area contributed by atoms with Crippen LogP contribution in [0.15, 0.2) is 71.5 Å². The summed E-state index contributed by atoms with van der Waals surface area (Å²) >= 11 is 0. The van der Waals surface area contributed by atoms with Crippen LogP contribution in [0.4, 0.5) is 0 Å². The third-order valence-corrected chi connectivity index (χ3v) is 3.06. The van der Waals surface area contributed by atoms with E-state index < -0.39 is 0 Å². The Morgan fingerprint density at radius 1 is 0.857 bits per heavy atom. The van der Waals surface area contributed by atoms with Crippen LogP contribution in [0.1, 0.15) is 11.4 Å². The summed E-state index contributed by atoms with van der Waals surface area (Å²) in [4.78, 5) is 19.0. The molecular formula is C18H14N2O. The van der Waals surface area contributed by atoms with Gasteiger partial charge in [-0.25, -0.2) is 4.98 Å². The van der Waals surface area contributed by atoms with Gasteiger partial charge in [-0.2, -0.15) is 0 Å². The highest BCUT2D eigenvalue weighted by Crippen LogP contribution is 2.14. The van der Waals surface area contributed by atoms with Crippen LogP contribution in [0.5, 0.6) is 0 Å². The second-order valence-electron chi connectivity index (χ2n) is 4.63. The molecule has 1 heterocycles. The average molecular weight is 274 g/mol. The molecule has 0 fully saturated rings. The van der Waals surface area contributed by atoms with Gasteiger partial charge < -0.3 is 4.98 Å². The summed E-state index contributed by atoms with van der Waals surface area (Å²) in [6, 6.07) is 21.1. The van der Waals surface area contributed by atoms with Crippen LogP contribution in [0.3, 0.4) is 0 Å². The summed E-state index contributed by atoms with van der Waals surface area (Å²) in [6.45, 7) is 0. The van der Waals surface area contributed by atoms with Crippen LogP contribution in [-0.4, -0.2) is 9.97 Å². The van der Waals surface area contributed by atoms with Crippen LogP contribution < -0.4 is 5.56 Å². The van der Waals surface area contributed by atoms with Gasteiger partial charge in [0.05, 0.1) is 5.69 Å². The molecule has 102 valence electrons. The molecule has 0 aliphatic heterocycles. The lowest BCUT2D eigenvalue weighted by Crippen LogP contribution is -2.08. The Morgan fingerprint density at radius 2 is 1.52 bits per heavy atom. The van der Waals surface area contributed by atoms with E-state index in [1.807, 2.05) is 72.8 Å². The number of aromatic amines is 1. The van der Waals surface area contributed by atoms with Gasteiger partial charge in [-0.15, -0.1) is 0 Å². The molecule has 0 aliphatic rings. The zero-order valence-electron chi connectivity index (χ0n) is 11.4. The molecule has 1 aromatic heterocycles. The number of hydrogen-bond donors (Lipinski definition) is 1. The van der Waals surface area contributed by atoms with Gasteiger partial charge in [-0.1, -0.05) is 66.7 Å². The number of rotatable bonds is 3. The van der Waals surface area contributed by atoms with E-state index in [1.54, 1.807) is 0 Å². The van der Waals surface area contributed by atoms with Gasteiger partial charge in [-0.05, 0) is 11.6 Å². The summed E-state index contributed by atoms with van der Waals surface area (Å²) in [5.41, 5.74) is 2.51. The summed E-state index contributed by atoms with van der Waals surface area (Å²) in [6.07, 6.45) is 3.73. The van der Waals surface area contributed by atoms with Gasteiger partial charge >= 0.3 is 0 Å². The molecule has 0 amide bonds. The molecule has 0 radical (unpaired) electrons. The summed E-state index contributed by atoms with van der Waals surface area (Å²) in [5, 5.41) is 0. The van der Waals surface area contributed by atoms with Crippen molar-refractivity contribution in [2.45, 2.75) is 0 Å². The maximum absolute atomic E-state index is 11.8. The third kappa shape index (κ3) is 3.34. The summed E-state index contributed by atoms with van der Waals surface area (Å²) in [5.74, 6) is 0.546. The van der Waals surface area contributed by atoms with Gasteiger partial charge in [-0.3, -0.25) is 4.79 Å². The molecule has 21 heavy (non-hydrogen) atoms. The van der Waals surface area contributed by atoms with Crippen molar-refractivity contribution >= 4 is 12.2 Å². The van der Waals surface area contributed by atoms with E-state index in [2.05, 4.69) is 9.97 Å². The molecule has 0 saturated carbocycles. The lowest BCUT2D eigenvalue weighted by atomic mass is 10.1. The highest BCUT2D eigenvalue weighted by molar-refractivity contribution is 5.68. The minimum absolute atomic E-state index is 0.156. The van der Waals surface area contributed by atoms with E-state index in [0.717, 1.165) is 11.1 Å². The van der Waals surface area contributed by atoms with Crippen molar-refractivity contribution < 1.29 is 0 Å². The predicted octanol–water partition coefficient (Wildman–Crippen LogP) is 3.61. The van der Waals surface area contributed by atoms with Gasteiger partial charge in [0.25, 0.3) is 5.56 Å². The number of nitrogens with zero attached hydrogens (tertiary/aromatic N) is 1. The SMILES string of the molecule is O=c1cc(-c2ccccc2)nc(/C=C/c2ccccc2)[nH]1. The molecule has 3 heteroatoms. The lowest BCUT2D eigenvalue weighted by molar-refractivity contribution is 1.10. The first-order valence-electron chi connectivity index (χ1n) is 6.71. The largest absolute Gasteiger partial charge is 0.307 e. The van der Waals surface area contributed by atoms with E-state index >= 15 is 0 Å². The van der Waals surface area contributed by atoms with E-state index in [0.29, 0.717) is 11.5 Å². The maximum atomic E-state index is 11.8. The monoisotopic (exact) mass is 274 g/mol. The smallest absolute Gasteiger partial charge is 0.251 e. The second kappa shape index (κ2) is 6.01. The highest BCUT2D eigenvalue weighted by Gasteiger charge is 2.01. The molecule has 0 unspecified atom stereocenters. The Bertz CT molecular complexity index is 805. The van der Waals surface area contributed by atoms with Crippen LogP contribution in [0.2, 0.25) is 0 Å². The van der Waals surface area contributed by atoms with Crippen molar-refractivity contribution in [3.05, 3.63) is 88.5 Å². The van der Waals surface area contributed by atoms with Gasteiger partial charge in [0.15, 0.2) is 0 Å². The third-order valence-electron chi connectivity index (χ3n) is 3.06. The molecule has 0 saturated heterocycles. The van der Waals surface area contributed by atoms with Crippen molar-refractivity contribution in [3.8, 4) is 11.3 Å². The molecule has 3 nitrogen and oxygen atoms in total. The van der Waals surface area contributed by atoms with Crippen LogP contribution in [0, 0.1) is 0 Å². The first-order valence-corrected chi connectivity index (χ1v) is 6.71. The number of benzene rings is 2. The number of nitrogens with one attached hydrogen (secondary N) is 1. The molecule has 1 N–H and O–H groups in total. The van der Waals surface area contributed by atoms with E-state index in [-0.39, 0.29) is 5.56 Å². The fraction of sp³-hybridized carbons (Fsp3) is 0. The second-order valence-corrected chi connectivity index (χ2v) is 4.63. The Labute approximate surface area is 122 Å². The minimum atomic E-state index is -0.156. The Hall–Kier alpha value is -2.94. The minimum Gasteiger partial charge on any atom is -0.307 e. The lowest BCUT2D eigenvalue weighted by Gasteiger charge is -2.01. The van der Waals surface area contributed by atoms with Crippen LogP contribution in [-0.2, 0) is 0 Å². The molecule has 0 bridgehead atoms. The van der Waals surface area contributed by atoms with Crippen molar-refractivity contribution in [2.75, 3.05) is 0 Å². The molecule has 2 aromatic carbocycles. The zero-order chi connectivity index (χ0) is 14.5. The predicted molar refractivity (Wildman–Crippen MR) is 85.7 cm³/mol. The Balaban J connectivity index is 1.95. The van der Waals surface area contributed by atoms with Gasteiger partial charge in [0, 0.05) is 11.6 Å². The molecular weight excluding hydrogens is 260 g/mol. The van der Waals surface area contributed by atoms with E-state index in [9.17, 15) is 4.79 Å². The Kier molecular flexibility index (Phi) is 3.74. The van der Waals surface area contributed by atoms with Crippen molar-refractivity contribution in [2.24, 2.45) is 0 Å². The van der Waals surface area contributed by atoms with Crippen LogP contribution >= 0.6 is 0 Å². The number of hydrogen-bond acceptors (Lipinski definition) is 2. The molecule has 3 rings (SSSR count).